The maximum atomic E-state index is 12.4. The fraction of sp³-hybridized carbons (Fsp3) is 0.778. The fourth-order valence-electron chi connectivity index (χ4n) is 3.29. The average molecular weight is 450 g/mol. The number of quaternary nitrogens is 1. The molecular formula is C18H33N4O7S+. The summed E-state index contributed by atoms with van der Waals surface area (Å²) in [7, 11) is 5.87. The van der Waals surface area contributed by atoms with Crippen molar-refractivity contribution in [1.29, 1.82) is 0 Å². The predicted octanol–water partition coefficient (Wildman–Crippen LogP) is -1.54. The second kappa shape index (κ2) is 12.1. The van der Waals surface area contributed by atoms with E-state index in [1.807, 2.05) is 0 Å². The lowest BCUT2D eigenvalue weighted by Crippen LogP contribution is -2.55. The van der Waals surface area contributed by atoms with Crippen LogP contribution in [0.1, 0.15) is 19.3 Å². The second-order valence-corrected chi connectivity index (χ2v) is 9.40. The number of carbonyl (C=O) groups is 4. The van der Waals surface area contributed by atoms with Gasteiger partial charge in [0.2, 0.25) is 11.8 Å². The molecule has 4 atom stereocenters. The Balaban J connectivity index is 2.70. The van der Waals surface area contributed by atoms with Crippen LogP contribution in [0.15, 0.2) is 0 Å². The molecular weight excluding hydrogens is 416 g/mol. The zero-order chi connectivity index (χ0) is 22.9. The Morgan fingerprint density at radius 2 is 1.90 bits per heavy atom. The lowest BCUT2D eigenvalue weighted by molar-refractivity contribution is -0.897. The van der Waals surface area contributed by atoms with Crippen LogP contribution >= 0.6 is 11.8 Å². The molecule has 11 nitrogen and oxygen atoms in total. The highest BCUT2D eigenvalue weighted by atomic mass is 32.2. The summed E-state index contributed by atoms with van der Waals surface area (Å²) in [4.78, 5) is 46.1. The van der Waals surface area contributed by atoms with E-state index in [1.54, 1.807) is 7.11 Å². The molecule has 0 aliphatic carbocycles. The van der Waals surface area contributed by atoms with E-state index < -0.39 is 42.4 Å². The van der Waals surface area contributed by atoms with Gasteiger partial charge in [0.05, 0.1) is 25.9 Å². The van der Waals surface area contributed by atoms with Gasteiger partial charge in [-0.15, -0.1) is 11.8 Å². The lowest BCUT2D eigenvalue weighted by Gasteiger charge is -2.41. The number of carboxylic acid groups (broad SMARTS) is 2. The summed E-state index contributed by atoms with van der Waals surface area (Å²) in [5.74, 6) is -3.27. The summed E-state index contributed by atoms with van der Waals surface area (Å²) in [6.45, 7) is 1.20. The van der Waals surface area contributed by atoms with E-state index in [-0.39, 0.29) is 29.9 Å². The molecule has 0 bridgehead atoms. The first-order valence-electron chi connectivity index (χ1n) is 9.67. The number of ether oxygens (including phenoxy) is 1. The van der Waals surface area contributed by atoms with Gasteiger partial charge in [-0.25, -0.2) is 0 Å². The van der Waals surface area contributed by atoms with Crippen LogP contribution in [0.5, 0.6) is 0 Å². The number of hydrogen-bond acceptors (Lipinski definition) is 7. The molecule has 1 rings (SSSR count). The van der Waals surface area contributed by atoms with Gasteiger partial charge in [0.1, 0.15) is 31.3 Å². The number of nitrogens with one attached hydrogen (secondary N) is 2. The van der Waals surface area contributed by atoms with Crippen LogP contribution < -0.4 is 16.4 Å². The maximum absolute atomic E-state index is 12.4. The van der Waals surface area contributed by atoms with Crippen molar-refractivity contribution in [1.82, 2.24) is 10.6 Å². The Labute approximate surface area is 180 Å². The van der Waals surface area contributed by atoms with Gasteiger partial charge in [-0.1, -0.05) is 0 Å². The Hall–Kier alpha value is -1.89. The summed E-state index contributed by atoms with van der Waals surface area (Å²) in [6.07, 6.45) is 0.688. The summed E-state index contributed by atoms with van der Waals surface area (Å²) in [5.41, 5.74) is 5.40. The topological polar surface area (TPSA) is 168 Å². The smallest absolute Gasteiger partial charge is 0.322 e. The van der Waals surface area contributed by atoms with E-state index in [9.17, 15) is 19.2 Å². The Morgan fingerprint density at radius 1 is 1.23 bits per heavy atom. The van der Waals surface area contributed by atoms with Crippen molar-refractivity contribution in [3.8, 4) is 0 Å². The second-order valence-electron chi connectivity index (χ2n) is 8.06. The predicted molar refractivity (Wildman–Crippen MR) is 111 cm³/mol. The van der Waals surface area contributed by atoms with Crippen LogP contribution in [-0.2, 0) is 23.9 Å². The van der Waals surface area contributed by atoms with Crippen LogP contribution in [0.2, 0.25) is 0 Å². The molecule has 2 amide bonds. The molecule has 12 heteroatoms. The molecule has 0 aromatic heterocycles. The number of thioether (sulfide) groups is 1. The quantitative estimate of drug-likeness (QED) is 0.222. The number of carboxylic acids is 2. The molecule has 0 unspecified atom stereocenters. The molecule has 0 spiro atoms. The Kier molecular flexibility index (Phi) is 10.5. The Bertz CT molecular complexity index is 632. The molecule has 1 heterocycles. The molecule has 1 aliphatic rings. The average Bonchev–Trinajstić information content (AvgIpc) is 2.65. The van der Waals surface area contributed by atoms with Gasteiger partial charge in [0.25, 0.3) is 0 Å². The minimum absolute atomic E-state index is 0.0679. The number of likely N-dealkylation sites (tertiary alicyclic amines) is 1. The van der Waals surface area contributed by atoms with Gasteiger partial charge in [0.15, 0.2) is 0 Å². The minimum Gasteiger partial charge on any atom is -0.480 e. The standard InChI is InChI=1S/C18H32N4O7S/c1-22(2)8-11(29-3)6-12(9-22)30-10-14(17(26)20-7-16(24)25)21-15(23)5-4-13(19)18(27)28/h11-14H,4-10,19H2,1-3H3,(H3-,20,21,23,24,25,26,27,28)/p+1/t11-,12-,13-,14+/m0/s1. The number of nitrogens with zero attached hydrogens (tertiary/aromatic N) is 1. The number of likely N-dealkylation sites (N-methyl/N-ethyl adjacent to an activating group) is 1. The van der Waals surface area contributed by atoms with Crippen LogP contribution in [0.3, 0.4) is 0 Å². The molecule has 1 fully saturated rings. The Morgan fingerprint density at radius 3 is 2.47 bits per heavy atom. The highest BCUT2D eigenvalue weighted by molar-refractivity contribution is 8.00. The van der Waals surface area contributed by atoms with Gasteiger partial charge in [-0.05, 0) is 12.8 Å². The molecule has 1 aliphatic heterocycles. The number of piperidine rings is 1. The van der Waals surface area contributed by atoms with Gasteiger partial charge in [-0.3, -0.25) is 19.2 Å². The van der Waals surface area contributed by atoms with Crippen molar-refractivity contribution >= 4 is 35.5 Å². The third-order valence-electron chi connectivity index (χ3n) is 4.82. The van der Waals surface area contributed by atoms with E-state index in [0.717, 1.165) is 24.0 Å². The molecule has 0 aromatic carbocycles. The number of aliphatic carboxylic acids is 2. The van der Waals surface area contributed by atoms with Crippen LogP contribution in [0.25, 0.3) is 0 Å². The first-order chi connectivity index (χ1) is 13.9. The number of amides is 2. The third kappa shape index (κ3) is 9.74. The normalized spacial score (nSPS) is 22.5. The molecule has 0 radical (unpaired) electrons. The lowest BCUT2D eigenvalue weighted by atomic mass is 10.1. The maximum Gasteiger partial charge on any atom is 0.322 e. The summed E-state index contributed by atoms with van der Waals surface area (Å²) >= 11 is 1.52. The van der Waals surface area contributed by atoms with E-state index in [0.29, 0.717) is 0 Å². The fourth-order valence-corrected chi connectivity index (χ4v) is 4.85. The monoisotopic (exact) mass is 449 g/mol. The third-order valence-corrected chi connectivity index (χ3v) is 6.16. The van der Waals surface area contributed by atoms with Crippen molar-refractivity contribution in [2.75, 3.05) is 46.6 Å². The number of methoxy groups -OCH3 is 1. The largest absolute Gasteiger partial charge is 0.480 e. The minimum atomic E-state index is -1.21. The zero-order valence-electron chi connectivity index (χ0n) is 17.6. The van der Waals surface area contributed by atoms with Crippen molar-refractivity contribution in [3.63, 3.8) is 0 Å². The SMILES string of the molecule is CO[C@H]1C[C@H](SC[C@@H](NC(=O)CC[C@H](N)C(=O)O)C(=O)NCC(=O)O)C[N+](C)(C)C1. The van der Waals surface area contributed by atoms with Crippen molar-refractivity contribution in [3.05, 3.63) is 0 Å². The van der Waals surface area contributed by atoms with Gasteiger partial charge in [0, 0.05) is 19.3 Å². The molecule has 6 N–H and O–H groups in total. The van der Waals surface area contributed by atoms with Gasteiger partial charge < -0.3 is 35.8 Å². The molecule has 0 saturated carbocycles. The summed E-state index contributed by atoms with van der Waals surface area (Å²) in [5, 5.41) is 22.6. The number of hydrogen-bond donors (Lipinski definition) is 5. The molecule has 30 heavy (non-hydrogen) atoms. The molecule has 0 aromatic rings. The first-order valence-corrected chi connectivity index (χ1v) is 10.7. The zero-order valence-corrected chi connectivity index (χ0v) is 18.4. The first kappa shape index (κ1) is 26.1. The van der Waals surface area contributed by atoms with Gasteiger partial charge >= 0.3 is 11.9 Å². The van der Waals surface area contributed by atoms with Crippen LogP contribution in [0.4, 0.5) is 0 Å². The van der Waals surface area contributed by atoms with Crippen molar-refractivity contribution < 1.29 is 38.6 Å². The van der Waals surface area contributed by atoms with Gasteiger partial charge in [-0.2, -0.15) is 0 Å². The molecule has 172 valence electrons. The summed E-state index contributed by atoms with van der Waals surface area (Å²) < 4.78 is 6.28. The van der Waals surface area contributed by atoms with Crippen LogP contribution in [0, 0.1) is 0 Å². The van der Waals surface area contributed by atoms with Crippen LogP contribution in [-0.4, -0.2) is 108 Å². The number of nitrogens with two attached hydrogens (primary N) is 1. The van der Waals surface area contributed by atoms with E-state index in [1.165, 1.54) is 11.8 Å². The highest BCUT2D eigenvalue weighted by Gasteiger charge is 2.35. The van der Waals surface area contributed by atoms with E-state index in [4.69, 9.17) is 20.7 Å². The number of rotatable bonds is 12. The van der Waals surface area contributed by atoms with E-state index >= 15 is 0 Å². The molecule has 1 saturated heterocycles. The van der Waals surface area contributed by atoms with E-state index in [2.05, 4.69) is 24.7 Å². The van der Waals surface area contributed by atoms with Crippen molar-refractivity contribution in [2.24, 2.45) is 5.73 Å². The number of carbonyl (C=O) groups excluding carboxylic acids is 2. The summed E-state index contributed by atoms with van der Waals surface area (Å²) in [6, 6.07) is -2.11. The van der Waals surface area contributed by atoms with Crippen molar-refractivity contribution in [2.45, 2.75) is 42.7 Å². The highest BCUT2D eigenvalue weighted by Crippen LogP contribution is 2.27.